The minimum absolute atomic E-state index is 0.563. The number of aromatic nitrogens is 2. The molecular formula is C44H26N4. The van der Waals surface area contributed by atoms with Gasteiger partial charge in [0, 0.05) is 27.1 Å². The fourth-order valence-electron chi connectivity index (χ4n) is 7.44. The molecule has 0 aliphatic carbocycles. The van der Waals surface area contributed by atoms with Crippen molar-refractivity contribution in [3.63, 3.8) is 0 Å². The lowest BCUT2D eigenvalue weighted by molar-refractivity contribution is 1.17. The molecule has 0 N–H and O–H groups in total. The summed E-state index contributed by atoms with van der Waals surface area (Å²) in [6.07, 6.45) is 0. The second kappa shape index (κ2) is 10.9. The number of nitriles is 1. The number of rotatable bonds is 4. The molecule has 2 heterocycles. The summed E-state index contributed by atoms with van der Waals surface area (Å²) in [7, 11) is 0. The highest BCUT2D eigenvalue weighted by molar-refractivity contribution is 6.11. The van der Waals surface area contributed by atoms with E-state index in [4.69, 9.17) is 6.57 Å². The summed E-state index contributed by atoms with van der Waals surface area (Å²) in [6, 6.07) is 56.3. The molecule has 9 rings (SSSR count). The van der Waals surface area contributed by atoms with Gasteiger partial charge in [-0.1, -0.05) is 127 Å². The van der Waals surface area contributed by atoms with Gasteiger partial charge in [-0.3, -0.25) is 0 Å². The first-order valence-corrected chi connectivity index (χ1v) is 15.9. The SMILES string of the molecule is [C-]#[N+]c1cccc(-c2ccccc2-c2cccc(-n3c4ccccc4c4ccccc43)c2C#N)c1-n1c2ccccc2c2ccccc21. The van der Waals surface area contributed by atoms with Crippen molar-refractivity contribution in [2.24, 2.45) is 0 Å². The maximum Gasteiger partial charge on any atom is 0.211 e. The molecule has 0 unspecified atom stereocenters. The Hall–Kier alpha value is -6.88. The van der Waals surface area contributed by atoms with E-state index in [1.54, 1.807) is 0 Å². The van der Waals surface area contributed by atoms with Crippen molar-refractivity contribution < 1.29 is 0 Å². The molecule has 0 saturated carbocycles. The van der Waals surface area contributed by atoms with E-state index in [9.17, 15) is 5.26 Å². The summed E-state index contributed by atoms with van der Waals surface area (Å²) in [5, 5.41) is 15.5. The zero-order chi connectivity index (χ0) is 32.2. The van der Waals surface area contributed by atoms with E-state index in [2.05, 4.69) is 111 Å². The molecule has 0 spiro atoms. The number of hydrogen-bond acceptors (Lipinski definition) is 1. The molecule has 0 bridgehead atoms. The van der Waals surface area contributed by atoms with Crippen molar-refractivity contribution in [3.05, 3.63) is 175 Å². The zero-order valence-electron chi connectivity index (χ0n) is 25.8. The van der Waals surface area contributed by atoms with Crippen molar-refractivity contribution in [2.75, 3.05) is 0 Å². The molecule has 48 heavy (non-hydrogen) atoms. The van der Waals surface area contributed by atoms with Crippen LogP contribution in [0.5, 0.6) is 0 Å². The molecule has 0 radical (unpaired) electrons. The van der Waals surface area contributed by atoms with E-state index < -0.39 is 0 Å². The molecule has 9 aromatic rings. The van der Waals surface area contributed by atoms with Crippen LogP contribution in [-0.4, -0.2) is 9.13 Å². The summed E-state index contributed by atoms with van der Waals surface area (Å²) < 4.78 is 4.43. The zero-order valence-corrected chi connectivity index (χ0v) is 25.8. The van der Waals surface area contributed by atoms with Crippen LogP contribution < -0.4 is 0 Å². The fraction of sp³-hybridized carbons (Fsp3) is 0. The van der Waals surface area contributed by atoms with E-state index in [1.165, 1.54) is 0 Å². The molecule has 222 valence electrons. The van der Waals surface area contributed by atoms with E-state index >= 15 is 0 Å². The molecule has 4 nitrogen and oxygen atoms in total. The quantitative estimate of drug-likeness (QED) is 0.183. The second-order valence-electron chi connectivity index (χ2n) is 11.9. The van der Waals surface area contributed by atoms with Gasteiger partial charge in [-0.2, -0.15) is 5.26 Å². The van der Waals surface area contributed by atoms with Gasteiger partial charge < -0.3 is 9.13 Å². The van der Waals surface area contributed by atoms with Crippen molar-refractivity contribution >= 4 is 49.3 Å². The van der Waals surface area contributed by atoms with Crippen molar-refractivity contribution in [2.45, 2.75) is 0 Å². The van der Waals surface area contributed by atoms with Crippen LogP contribution in [0.2, 0.25) is 0 Å². The first-order valence-electron chi connectivity index (χ1n) is 15.9. The lowest BCUT2D eigenvalue weighted by atomic mass is 9.90. The van der Waals surface area contributed by atoms with Crippen LogP contribution in [-0.2, 0) is 0 Å². The van der Waals surface area contributed by atoms with Crippen molar-refractivity contribution in [3.8, 4) is 39.7 Å². The molecule has 2 aromatic heterocycles. The number of fused-ring (bicyclic) bond motifs is 6. The van der Waals surface area contributed by atoms with Gasteiger partial charge >= 0.3 is 0 Å². The molecular weight excluding hydrogens is 585 g/mol. The van der Waals surface area contributed by atoms with Gasteiger partial charge in [0.1, 0.15) is 6.07 Å². The minimum atomic E-state index is 0.563. The smallest absolute Gasteiger partial charge is 0.211 e. The highest BCUT2D eigenvalue weighted by Gasteiger charge is 2.22. The summed E-state index contributed by atoms with van der Waals surface area (Å²) >= 11 is 0. The lowest BCUT2D eigenvalue weighted by Gasteiger charge is -2.20. The van der Waals surface area contributed by atoms with Crippen LogP contribution in [0.4, 0.5) is 5.69 Å². The van der Waals surface area contributed by atoms with Gasteiger partial charge in [0.2, 0.25) is 5.69 Å². The molecule has 0 amide bonds. The monoisotopic (exact) mass is 610 g/mol. The average Bonchev–Trinajstić information content (AvgIpc) is 3.67. The number of benzene rings is 7. The highest BCUT2D eigenvalue weighted by atomic mass is 15.0. The van der Waals surface area contributed by atoms with Gasteiger partial charge in [-0.05, 0) is 47.0 Å². The maximum absolute atomic E-state index is 10.9. The molecule has 7 aromatic carbocycles. The van der Waals surface area contributed by atoms with E-state index in [1.807, 2.05) is 66.7 Å². The lowest BCUT2D eigenvalue weighted by Crippen LogP contribution is -2.01. The number of nitrogens with zero attached hydrogens (tertiary/aromatic N) is 4. The molecule has 0 atom stereocenters. The third-order valence-corrected chi connectivity index (χ3v) is 9.42. The molecule has 0 fully saturated rings. The van der Waals surface area contributed by atoms with E-state index in [0.29, 0.717) is 11.3 Å². The van der Waals surface area contributed by atoms with Crippen LogP contribution in [0, 0.1) is 17.9 Å². The molecule has 0 saturated heterocycles. The van der Waals surface area contributed by atoms with Gasteiger partial charge in [-0.15, -0.1) is 0 Å². The standard InChI is InChI=1S/C44H26N4/c1-46-38-22-12-21-36(44(38)48-41-25-10-6-18-34(41)35-19-7-11-26-42(35)48)30-15-3-2-14-29(30)31-20-13-27-43(37(31)28-45)47-39-23-8-4-16-32(39)33-17-5-9-24-40(33)47/h2-27H. The Balaban J connectivity index is 1.34. The topological polar surface area (TPSA) is 38.0 Å². The Bertz CT molecular complexity index is 2710. The van der Waals surface area contributed by atoms with Crippen LogP contribution in [0.15, 0.2) is 158 Å². The van der Waals surface area contributed by atoms with Gasteiger partial charge in [-0.25, -0.2) is 4.85 Å². The first-order chi connectivity index (χ1) is 23.8. The molecule has 4 heteroatoms. The summed E-state index contributed by atoms with van der Waals surface area (Å²) in [5.74, 6) is 0. The Morgan fingerprint density at radius 1 is 0.438 bits per heavy atom. The van der Waals surface area contributed by atoms with Crippen molar-refractivity contribution in [1.82, 2.24) is 9.13 Å². The van der Waals surface area contributed by atoms with Crippen LogP contribution >= 0.6 is 0 Å². The average molecular weight is 611 g/mol. The highest BCUT2D eigenvalue weighted by Crippen LogP contribution is 2.44. The van der Waals surface area contributed by atoms with Gasteiger partial charge in [0.25, 0.3) is 0 Å². The van der Waals surface area contributed by atoms with E-state index in [0.717, 1.165) is 77.2 Å². The normalized spacial score (nSPS) is 11.3. The third-order valence-electron chi connectivity index (χ3n) is 9.42. The number of para-hydroxylation sites is 5. The summed E-state index contributed by atoms with van der Waals surface area (Å²) in [6.45, 7) is 8.25. The number of hydrogen-bond donors (Lipinski definition) is 0. The predicted octanol–water partition coefficient (Wildman–Crippen LogP) is 11.6. The third kappa shape index (κ3) is 3.94. The van der Waals surface area contributed by atoms with E-state index in [-0.39, 0.29) is 0 Å². The van der Waals surface area contributed by atoms with Crippen molar-refractivity contribution in [1.29, 1.82) is 5.26 Å². The molecule has 0 aliphatic rings. The summed E-state index contributed by atoms with van der Waals surface area (Å²) in [5.41, 5.74) is 10.7. The molecule has 0 aliphatic heterocycles. The minimum Gasteiger partial charge on any atom is -0.318 e. The summed E-state index contributed by atoms with van der Waals surface area (Å²) in [4.78, 5) is 4.04. The Morgan fingerprint density at radius 3 is 1.38 bits per heavy atom. The first kappa shape index (κ1) is 27.4. The van der Waals surface area contributed by atoms with Gasteiger partial charge in [0.05, 0.1) is 45.6 Å². The Kier molecular flexibility index (Phi) is 6.22. The largest absolute Gasteiger partial charge is 0.318 e. The fourth-order valence-corrected chi connectivity index (χ4v) is 7.44. The Labute approximate surface area is 277 Å². The van der Waals surface area contributed by atoms with Crippen LogP contribution in [0.1, 0.15) is 5.56 Å². The second-order valence-corrected chi connectivity index (χ2v) is 11.9. The van der Waals surface area contributed by atoms with Crippen LogP contribution in [0.3, 0.4) is 0 Å². The van der Waals surface area contributed by atoms with Crippen LogP contribution in [0.25, 0.3) is 82.1 Å². The van der Waals surface area contributed by atoms with Gasteiger partial charge in [0.15, 0.2) is 0 Å². The predicted molar refractivity (Wildman–Crippen MR) is 197 cm³/mol. The maximum atomic E-state index is 10.9. The Morgan fingerprint density at radius 2 is 0.854 bits per heavy atom.